The molecule has 0 atom stereocenters. The van der Waals surface area contributed by atoms with Crippen molar-refractivity contribution in [2.75, 3.05) is 19.8 Å². The minimum atomic E-state index is -2.94. The molecular formula is C19H40FGeHfO3-. The average Bonchev–Trinajstić information content (AvgIpc) is 3.03. The Morgan fingerprint density at radius 2 is 0.960 bits per heavy atom. The van der Waals surface area contributed by atoms with Gasteiger partial charge >= 0.3 is 57.4 Å². The Kier molecular flexibility index (Phi) is 27.7. The molecule has 25 heavy (non-hydrogen) atoms. The van der Waals surface area contributed by atoms with Crippen molar-refractivity contribution >= 4 is 18.1 Å². The Bertz CT molecular complexity index is 318. The Hall–Kier alpha value is 0.573. The molecule has 0 aliphatic carbocycles. The van der Waals surface area contributed by atoms with Crippen LogP contribution in [0.2, 0.25) is 11.5 Å². The van der Waals surface area contributed by atoms with Crippen LogP contribution < -0.4 is 4.40 Å². The van der Waals surface area contributed by atoms with Crippen LogP contribution in [0.15, 0.2) is 24.3 Å². The summed E-state index contributed by atoms with van der Waals surface area (Å²) in [6, 6.07) is 7.53. The van der Waals surface area contributed by atoms with Crippen LogP contribution in [0.25, 0.3) is 0 Å². The summed E-state index contributed by atoms with van der Waals surface area (Å²) in [6.45, 7) is 12.7. The third-order valence-electron chi connectivity index (χ3n) is 2.44. The van der Waals surface area contributed by atoms with Crippen LogP contribution in [0.5, 0.6) is 0 Å². The third kappa shape index (κ3) is 32.7. The zero-order chi connectivity index (χ0) is 19.8. The number of halogens is 1. The van der Waals surface area contributed by atoms with E-state index in [4.69, 9.17) is 15.3 Å². The number of rotatable bonds is 4. The molecule has 1 aromatic carbocycles. The smallest absolute Gasteiger partial charge is 0 e. The van der Waals surface area contributed by atoms with Crippen molar-refractivity contribution < 1.29 is 44.7 Å². The normalized spacial score (nSPS) is 10.0. The molecule has 0 radical (unpaired) electrons. The first-order valence-electron chi connectivity index (χ1n) is 8.65. The summed E-state index contributed by atoms with van der Waals surface area (Å²) in [6.07, 6.45) is 0. The summed E-state index contributed by atoms with van der Waals surface area (Å²) in [5.41, 5.74) is 0. The molecule has 0 unspecified atom stereocenters. The maximum Gasteiger partial charge on any atom is 0 e. The summed E-state index contributed by atoms with van der Waals surface area (Å²) in [4.78, 5) is 0. The van der Waals surface area contributed by atoms with E-state index in [2.05, 4.69) is 0 Å². The van der Waals surface area contributed by atoms with E-state index in [0.717, 1.165) is 4.40 Å². The predicted octanol–water partition coefficient (Wildman–Crippen LogP) is 3.69. The number of aliphatic hydroxyl groups excluding tert-OH is 3. The minimum absolute atomic E-state index is 0. The topological polar surface area (TPSA) is 60.7 Å². The monoisotopic (exact) mass is 589 g/mol. The van der Waals surface area contributed by atoms with Crippen LogP contribution in [0.3, 0.4) is 0 Å². The van der Waals surface area contributed by atoms with Crippen LogP contribution in [0.1, 0.15) is 41.5 Å². The maximum absolute atomic E-state index is 13.1. The molecule has 6 heteroatoms. The fourth-order valence-corrected chi connectivity index (χ4v) is 2.84. The van der Waals surface area contributed by atoms with Gasteiger partial charge < -0.3 is 15.3 Å². The fraction of sp³-hybridized carbons (Fsp3) is 0.737. The van der Waals surface area contributed by atoms with Gasteiger partial charge in [0.2, 0.25) is 0 Å². The first-order chi connectivity index (χ1) is 10.9. The first kappa shape index (κ1) is 33.2. The van der Waals surface area contributed by atoms with Gasteiger partial charge in [0.25, 0.3) is 0 Å². The van der Waals surface area contributed by atoms with Crippen LogP contribution in [-0.4, -0.2) is 48.9 Å². The molecule has 1 rings (SSSR count). The second kappa shape index (κ2) is 20.9. The van der Waals surface area contributed by atoms with E-state index in [1.54, 1.807) is 11.5 Å². The van der Waals surface area contributed by atoms with Crippen molar-refractivity contribution in [2.45, 2.75) is 53.1 Å². The Morgan fingerprint density at radius 1 is 0.760 bits per heavy atom. The van der Waals surface area contributed by atoms with E-state index >= 15 is 0 Å². The second-order valence-electron chi connectivity index (χ2n) is 7.38. The summed E-state index contributed by atoms with van der Waals surface area (Å²) < 4.78 is 14.1. The Labute approximate surface area is 177 Å². The molecule has 3 N–H and O–H groups in total. The Balaban J connectivity index is -0.000000122. The molecule has 0 heterocycles. The van der Waals surface area contributed by atoms with Gasteiger partial charge in [-0.25, -0.2) is 0 Å². The third-order valence-corrected chi connectivity index (χ3v) is 6.02. The van der Waals surface area contributed by atoms with Gasteiger partial charge in [-0.05, 0) is 17.8 Å². The van der Waals surface area contributed by atoms with Crippen LogP contribution >= 0.6 is 0 Å². The zero-order valence-electron chi connectivity index (χ0n) is 17.4. The van der Waals surface area contributed by atoms with Gasteiger partial charge in [-0.15, -0.1) is 0 Å². The largest absolute Gasteiger partial charge is 0 e. The van der Waals surface area contributed by atoms with Gasteiger partial charge in [0.15, 0.2) is 0 Å². The van der Waals surface area contributed by atoms with Gasteiger partial charge in [-0.1, -0.05) is 41.5 Å². The average molecular weight is 587 g/mol. The van der Waals surface area contributed by atoms with E-state index < -0.39 is 13.7 Å². The summed E-state index contributed by atoms with van der Waals surface area (Å²) in [5.74, 6) is 4.81. The quantitative estimate of drug-likeness (QED) is 0.373. The van der Waals surface area contributed by atoms with Gasteiger partial charge in [0.1, 0.15) is 0 Å². The summed E-state index contributed by atoms with van der Waals surface area (Å²) in [7, 11) is 0. The predicted molar refractivity (Wildman–Crippen MR) is 106 cm³/mol. The number of aliphatic hydroxyl groups is 3. The summed E-state index contributed by atoms with van der Waals surface area (Å²) >= 11 is -2.94. The Morgan fingerprint density at radius 3 is 1.04 bits per heavy atom. The van der Waals surface area contributed by atoms with Gasteiger partial charge in [0, 0.05) is 45.7 Å². The SMILES string of the molecule is CC(C)CO.CC(C)CO.CC(C)CO.[CH3][Ge]([CH3])([F])[c-]1cccc1.[Hf]. The van der Waals surface area contributed by atoms with Gasteiger partial charge in [-0.3, -0.25) is 0 Å². The summed E-state index contributed by atoms with van der Waals surface area (Å²) in [5, 5.41) is 24.4. The van der Waals surface area contributed by atoms with E-state index in [0.29, 0.717) is 37.6 Å². The molecule has 0 fully saturated rings. The zero-order valence-corrected chi connectivity index (χ0v) is 23.1. The van der Waals surface area contributed by atoms with Crippen molar-refractivity contribution in [3.63, 3.8) is 0 Å². The van der Waals surface area contributed by atoms with Crippen molar-refractivity contribution in [3.8, 4) is 0 Å². The van der Waals surface area contributed by atoms with Gasteiger partial charge in [-0.2, -0.15) is 0 Å². The van der Waals surface area contributed by atoms with Gasteiger partial charge in [0.05, 0.1) is 0 Å². The molecule has 1 aromatic rings. The van der Waals surface area contributed by atoms with Crippen LogP contribution in [0.4, 0.5) is 3.50 Å². The second-order valence-corrected chi connectivity index (χ2v) is 14.8. The molecular weight excluding hydrogens is 546 g/mol. The standard InChI is InChI=1S/C7H10FGe.3C4H10O.Hf/c1-9(2,8)7-5-3-4-6-7;3*1-4(2)3-5;/h3-6H,1-2H3;3*4-5H,3H2,1-2H3;/q-1;;;;. The molecule has 0 bridgehead atoms. The van der Waals surface area contributed by atoms with Crippen molar-refractivity contribution in [1.29, 1.82) is 0 Å². The van der Waals surface area contributed by atoms with E-state index in [9.17, 15) is 3.50 Å². The molecule has 0 aromatic heterocycles. The van der Waals surface area contributed by atoms with Crippen molar-refractivity contribution in [3.05, 3.63) is 24.3 Å². The van der Waals surface area contributed by atoms with Crippen molar-refractivity contribution in [1.82, 2.24) is 0 Å². The molecule has 3 nitrogen and oxygen atoms in total. The molecule has 0 saturated heterocycles. The maximum atomic E-state index is 13.1. The molecule has 0 aliphatic heterocycles. The molecule has 0 amide bonds. The minimum Gasteiger partial charge on any atom is 0 e. The van der Waals surface area contributed by atoms with E-state index in [-0.39, 0.29) is 25.8 Å². The molecule has 0 aliphatic rings. The number of hydrogen-bond acceptors (Lipinski definition) is 3. The van der Waals surface area contributed by atoms with E-state index in [1.165, 1.54) is 0 Å². The molecule has 0 saturated carbocycles. The van der Waals surface area contributed by atoms with E-state index in [1.807, 2.05) is 65.8 Å². The molecule has 150 valence electrons. The van der Waals surface area contributed by atoms with Crippen LogP contribution in [-0.2, 0) is 25.8 Å². The van der Waals surface area contributed by atoms with Crippen molar-refractivity contribution in [2.24, 2.45) is 17.8 Å². The van der Waals surface area contributed by atoms with Crippen LogP contribution in [0, 0.1) is 17.8 Å². The molecule has 0 spiro atoms. The fourth-order valence-electron chi connectivity index (χ4n) is 0.770. The first-order valence-corrected chi connectivity index (χ1v) is 14.7. The number of hydrogen-bond donors (Lipinski definition) is 3.